The van der Waals surface area contributed by atoms with Crippen molar-refractivity contribution in [1.29, 1.82) is 0 Å². The molecular weight excluding hydrogens is 268 g/mol. The number of nitrogens with one attached hydrogen (secondary N) is 2. The maximum absolute atomic E-state index is 11.3. The first-order chi connectivity index (χ1) is 8.78. The van der Waals surface area contributed by atoms with Gasteiger partial charge in [-0.1, -0.05) is 20.4 Å². The Morgan fingerprint density at radius 1 is 1.21 bits per heavy atom. The van der Waals surface area contributed by atoms with Crippen molar-refractivity contribution in [2.24, 2.45) is 5.92 Å². The molecular formula is C12H22N2O4S. The zero-order chi connectivity index (χ0) is 14.9. The van der Waals surface area contributed by atoms with E-state index < -0.39 is 9.84 Å². The molecule has 0 unspecified atom stereocenters. The highest BCUT2D eigenvalue weighted by molar-refractivity contribution is 7.94. The predicted molar refractivity (Wildman–Crippen MR) is 74.1 cm³/mol. The summed E-state index contributed by atoms with van der Waals surface area (Å²) in [6, 6.07) is 0. The van der Waals surface area contributed by atoms with Gasteiger partial charge in [-0.05, 0) is 6.42 Å². The number of carbonyl (C=O) groups is 2. The van der Waals surface area contributed by atoms with Crippen LogP contribution in [0.3, 0.4) is 0 Å². The lowest BCUT2D eigenvalue weighted by Crippen LogP contribution is -2.32. The van der Waals surface area contributed by atoms with Gasteiger partial charge >= 0.3 is 0 Å². The Labute approximate surface area is 114 Å². The lowest BCUT2D eigenvalue weighted by Gasteiger charge is -2.08. The van der Waals surface area contributed by atoms with Gasteiger partial charge < -0.3 is 10.6 Å². The molecule has 0 rings (SSSR count). The molecule has 7 heteroatoms. The smallest absolute Gasteiger partial charge is 0.222 e. The summed E-state index contributed by atoms with van der Waals surface area (Å²) < 4.78 is 22.1. The first-order valence-electron chi connectivity index (χ1n) is 6.18. The number of hydrogen-bond donors (Lipinski definition) is 2. The quantitative estimate of drug-likeness (QED) is 0.594. The predicted octanol–water partition coefficient (Wildman–Crippen LogP) is 0.213. The van der Waals surface area contributed by atoms with Gasteiger partial charge in [0.2, 0.25) is 11.8 Å². The molecule has 0 fully saturated rings. The third-order valence-electron chi connectivity index (χ3n) is 2.37. The minimum absolute atomic E-state index is 0.0246. The molecule has 0 aromatic rings. The molecule has 0 bridgehead atoms. The summed E-state index contributed by atoms with van der Waals surface area (Å²) in [4.78, 5) is 22.5. The molecule has 0 aliphatic carbocycles. The van der Waals surface area contributed by atoms with E-state index in [0.29, 0.717) is 19.5 Å². The van der Waals surface area contributed by atoms with E-state index in [1.807, 2.05) is 0 Å². The van der Waals surface area contributed by atoms with E-state index in [-0.39, 0.29) is 29.9 Å². The van der Waals surface area contributed by atoms with Gasteiger partial charge in [0.05, 0.1) is 5.75 Å². The maximum Gasteiger partial charge on any atom is 0.222 e. The van der Waals surface area contributed by atoms with Gasteiger partial charge in [-0.25, -0.2) is 8.42 Å². The Morgan fingerprint density at radius 3 is 2.32 bits per heavy atom. The average Bonchev–Trinajstić information content (AvgIpc) is 2.35. The zero-order valence-corrected chi connectivity index (χ0v) is 12.3. The molecule has 0 atom stereocenters. The Morgan fingerprint density at radius 2 is 1.79 bits per heavy atom. The topological polar surface area (TPSA) is 92.3 Å². The molecule has 0 radical (unpaired) electrons. The molecule has 0 spiro atoms. The van der Waals surface area contributed by atoms with Gasteiger partial charge in [0.15, 0.2) is 9.84 Å². The van der Waals surface area contributed by atoms with Crippen molar-refractivity contribution in [3.63, 3.8) is 0 Å². The summed E-state index contributed by atoms with van der Waals surface area (Å²) in [5.41, 5.74) is 0. The SMILES string of the molecule is C=CS(=O)(=O)CCC(=O)NCCCNC(=O)C(C)C. The van der Waals surface area contributed by atoms with Gasteiger partial charge in [-0.2, -0.15) is 0 Å². The van der Waals surface area contributed by atoms with Crippen LogP contribution in [-0.4, -0.2) is 39.1 Å². The van der Waals surface area contributed by atoms with Crippen LogP contribution in [0.2, 0.25) is 0 Å². The zero-order valence-electron chi connectivity index (χ0n) is 11.4. The summed E-state index contributed by atoms with van der Waals surface area (Å²) >= 11 is 0. The molecule has 2 N–H and O–H groups in total. The van der Waals surface area contributed by atoms with E-state index in [0.717, 1.165) is 5.41 Å². The number of hydrogen-bond acceptors (Lipinski definition) is 4. The Balaban J connectivity index is 3.65. The third-order valence-corrected chi connectivity index (χ3v) is 3.65. The van der Waals surface area contributed by atoms with E-state index >= 15 is 0 Å². The third kappa shape index (κ3) is 9.24. The molecule has 0 saturated carbocycles. The lowest BCUT2D eigenvalue weighted by molar-refractivity contribution is -0.123. The van der Waals surface area contributed by atoms with Crippen LogP contribution in [0, 0.1) is 5.92 Å². The van der Waals surface area contributed by atoms with Crippen LogP contribution in [-0.2, 0) is 19.4 Å². The minimum atomic E-state index is -3.32. The molecule has 19 heavy (non-hydrogen) atoms. The van der Waals surface area contributed by atoms with Crippen LogP contribution in [0.1, 0.15) is 26.7 Å². The Hall–Kier alpha value is -1.37. The van der Waals surface area contributed by atoms with E-state index in [1.165, 1.54) is 0 Å². The van der Waals surface area contributed by atoms with Crippen LogP contribution in [0.25, 0.3) is 0 Å². The Kier molecular flexibility index (Phi) is 8.06. The molecule has 0 aliphatic heterocycles. The van der Waals surface area contributed by atoms with Crippen molar-refractivity contribution in [3.8, 4) is 0 Å². The molecule has 2 amide bonds. The van der Waals surface area contributed by atoms with Gasteiger partial charge in [-0.3, -0.25) is 9.59 Å². The molecule has 0 aliphatic rings. The van der Waals surface area contributed by atoms with E-state index in [4.69, 9.17) is 0 Å². The first kappa shape index (κ1) is 17.6. The molecule has 110 valence electrons. The fourth-order valence-corrected chi connectivity index (χ4v) is 1.78. The van der Waals surface area contributed by atoms with Crippen molar-refractivity contribution < 1.29 is 18.0 Å². The van der Waals surface area contributed by atoms with Gasteiger partial charge in [0, 0.05) is 30.8 Å². The van der Waals surface area contributed by atoms with Crippen LogP contribution >= 0.6 is 0 Å². The monoisotopic (exact) mass is 290 g/mol. The highest BCUT2D eigenvalue weighted by Crippen LogP contribution is 1.94. The van der Waals surface area contributed by atoms with Crippen LogP contribution in [0.4, 0.5) is 0 Å². The summed E-state index contributed by atoms with van der Waals surface area (Å²) in [5, 5.41) is 6.16. The summed E-state index contributed by atoms with van der Waals surface area (Å²) in [5.74, 6) is -0.630. The summed E-state index contributed by atoms with van der Waals surface area (Å²) in [6.45, 7) is 7.67. The van der Waals surface area contributed by atoms with E-state index in [2.05, 4.69) is 17.2 Å². The Bertz CT molecular complexity index is 415. The number of rotatable bonds is 9. The number of carbonyl (C=O) groups excluding carboxylic acids is 2. The molecule has 0 aromatic heterocycles. The molecule has 0 saturated heterocycles. The fraction of sp³-hybridized carbons (Fsp3) is 0.667. The lowest BCUT2D eigenvalue weighted by atomic mass is 10.2. The second kappa shape index (κ2) is 8.68. The van der Waals surface area contributed by atoms with Gasteiger partial charge in [0.1, 0.15) is 0 Å². The largest absolute Gasteiger partial charge is 0.356 e. The van der Waals surface area contributed by atoms with Crippen molar-refractivity contribution in [1.82, 2.24) is 10.6 Å². The maximum atomic E-state index is 11.3. The second-order valence-electron chi connectivity index (χ2n) is 4.43. The van der Waals surface area contributed by atoms with Gasteiger partial charge in [-0.15, -0.1) is 0 Å². The van der Waals surface area contributed by atoms with Gasteiger partial charge in [0.25, 0.3) is 0 Å². The minimum Gasteiger partial charge on any atom is -0.356 e. The standard InChI is InChI=1S/C12H22N2O4S/c1-4-19(17,18)9-6-11(15)13-7-5-8-14-12(16)10(2)3/h4,10H,1,5-9H2,2-3H3,(H,13,15)(H,14,16). The molecule has 0 aromatic carbocycles. The van der Waals surface area contributed by atoms with Crippen molar-refractivity contribution in [3.05, 3.63) is 12.0 Å². The summed E-state index contributed by atoms with van der Waals surface area (Å²) in [6.07, 6.45) is 0.533. The molecule has 6 nitrogen and oxygen atoms in total. The van der Waals surface area contributed by atoms with E-state index in [9.17, 15) is 18.0 Å². The normalized spacial score (nSPS) is 11.1. The fourth-order valence-electron chi connectivity index (χ4n) is 1.14. The van der Waals surface area contributed by atoms with Crippen LogP contribution < -0.4 is 10.6 Å². The highest BCUT2D eigenvalue weighted by Gasteiger charge is 2.09. The van der Waals surface area contributed by atoms with E-state index in [1.54, 1.807) is 13.8 Å². The van der Waals surface area contributed by atoms with Crippen molar-refractivity contribution in [2.45, 2.75) is 26.7 Å². The number of sulfone groups is 1. The second-order valence-corrected chi connectivity index (χ2v) is 6.50. The van der Waals surface area contributed by atoms with Crippen molar-refractivity contribution in [2.75, 3.05) is 18.8 Å². The van der Waals surface area contributed by atoms with Crippen LogP contribution in [0.5, 0.6) is 0 Å². The first-order valence-corrected chi connectivity index (χ1v) is 7.89. The number of amides is 2. The van der Waals surface area contributed by atoms with Crippen molar-refractivity contribution >= 4 is 21.7 Å². The van der Waals surface area contributed by atoms with Crippen LogP contribution in [0.15, 0.2) is 12.0 Å². The molecule has 0 heterocycles. The summed E-state index contributed by atoms with van der Waals surface area (Å²) in [7, 11) is -3.32. The highest BCUT2D eigenvalue weighted by atomic mass is 32.2. The average molecular weight is 290 g/mol.